The number of hydrogen-bond acceptors (Lipinski definition) is 3. The summed E-state index contributed by atoms with van der Waals surface area (Å²) in [7, 11) is 1.18. The van der Waals surface area contributed by atoms with Crippen molar-refractivity contribution in [2.75, 3.05) is 7.11 Å². The molecule has 0 bridgehead atoms. The number of carbonyl (C=O) groups is 2. The topological polar surface area (TPSA) is 43.4 Å². The van der Waals surface area contributed by atoms with Gasteiger partial charge in [-0.25, -0.2) is 0 Å². The van der Waals surface area contributed by atoms with Crippen molar-refractivity contribution < 1.29 is 27.5 Å². The Labute approximate surface area is 112 Å². The average Bonchev–Trinajstić information content (AvgIpc) is 2.34. The van der Waals surface area contributed by atoms with E-state index in [2.05, 4.69) is 4.74 Å². The summed E-state index contributed by atoms with van der Waals surface area (Å²) in [5.74, 6) is -1.08. The van der Waals surface area contributed by atoms with Crippen LogP contribution in [0.25, 0.3) is 0 Å². The Morgan fingerprint density at radius 1 is 1.26 bits per heavy atom. The molecule has 1 rings (SSSR count). The lowest BCUT2D eigenvalue weighted by atomic mass is 10.0. The second-order valence-electron chi connectivity index (χ2n) is 3.69. The van der Waals surface area contributed by atoms with Gasteiger partial charge in [0.1, 0.15) is 0 Å². The Kier molecular flexibility index (Phi) is 4.94. The molecule has 0 aliphatic heterocycles. The van der Waals surface area contributed by atoms with Crippen molar-refractivity contribution in [1.82, 2.24) is 0 Å². The number of ketones is 1. The predicted octanol–water partition coefficient (Wildman–Crippen LogP) is 3.49. The number of rotatable bonds is 4. The second-order valence-corrected chi connectivity index (χ2v) is 4.10. The van der Waals surface area contributed by atoms with E-state index in [9.17, 15) is 22.8 Å². The van der Waals surface area contributed by atoms with E-state index in [0.717, 1.165) is 12.1 Å². The monoisotopic (exact) mass is 294 g/mol. The standard InChI is InChI=1S/C12H10ClF3O3/c1-19-11(18)5-4-10(17)8-3-2-7(6-9(8)13)12(14,15)16/h2-3,6H,4-5H2,1H3. The van der Waals surface area contributed by atoms with Gasteiger partial charge in [-0.15, -0.1) is 0 Å². The molecule has 7 heteroatoms. The number of benzene rings is 1. The molecule has 0 aliphatic carbocycles. The van der Waals surface area contributed by atoms with Crippen LogP contribution >= 0.6 is 11.6 Å². The number of halogens is 4. The fourth-order valence-corrected chi connectivity index (χ4v) is 1.66. The van der Waals surface area contributed by atoms with Gasteiger partial charge in [-0.05, 0) is 18.2 Å². The third-order valence-electron chi connectivity index (χ3n) is 2.38. The molecule has 1 aromatic rings. The summed E-state index contributed by atoms with van der Waals surface area (Å²) in [6.07, 6.45) is -4.83. The first kappa shape index (κ1) is 15.5. The maximum absolute atomic E-state index is 12.4. The van der Waals surface area contributed by atoms with Gasteiger partial charge >= 0.3 is 12.1 Å². The van der Waals surface area contributed by atoms with Crippen LogP contribution in [-0.4, -0.2) is 18.9 Å². The second kappa shape index (κ2) is 6.06. The van der Waals surface area contributed by atoms with Gasteiger partial charge in [0.05, 0.1) is 24.1 Å². The summed E-state index contributed by atoms with van der Waals surface area (Å²) in [6, 6.07) is 2.47. The van der Waals surface area contributed by atoms with E-state index < -0.39 is 23.5 Å². The number of Topliss-reactive ketones (excluding diaryl/α,β-unsaturated/α-hetero) is 1. The summed E-state index contributed by atoms with van der Waals surface area (Å²) in [5.41, 5.74) is -0.972. The Bertz CT molecular complexity index is 497. The molecule has 104 valence electrons. The third-order valence-corrected chi connectivity index (χ3v) is 2.69. The van der Waals surface area contributed by atoms with Crippen LogP contribution in [0.1, 0.15) is 28.8 Å². The fraction of sp³-hybridized carbons (Fsp3) is 0.333. The van der Waals surface area contributed by atoms with Crippen molar-refractivity contribution in [3.05, 3.63) is 34.3 Å². The molecule has 1 aromatic carbocycles. The van der Waals surface area contributed by atoms with Gasteiger partial charge in [-0.3, -0.25) is 9.59 Å². The molecule has 0 spiro atoms. The first-order valence-electron chi connectivity index (χ1n) is 5.22. The minimum Gasteiger partial charge on any atom is -0.469 e. The number of methoxy groups -OCH3 is 1. The van der Waals surface area contributed by atoms with E-state index in [4.69, 9.17) is 11.6 Å². The number of hydrogen-bond donors (Lipinski definition) is 0. The lowest BCUT2D eigenvalue weighted by Crippen LogP contribution is -2.09. The van der Waals surface area contributed by atoms with Crippen LogP contribution in [0.2, 0.25) is 5.02 Å². The SMILES string of the molecule is COC(=O)CCC(=O)c1ccc(C(F)(F)F)cc1Cl. The summed E-state index contributed by atoms with van der Waals surface area (Å²) < 4.78 is 41.5. The highest BCUT2D eigenvalue weighted by molar-refractivity contribution is 6.34. The van der Waals surface area contributed by atoms with Crippen LogP contribution in [0.15, 0.2) is 18.2 Å². The van der Waals surface area contributed by atoms with Crippen molar-refractivity contribution in [2.45, 2.75) is 19.0 Å². The smallest absolute Gasteiger partial charge is 0.416 e. The first-order chi connectivity index (χ1) is 8.75. The van der Waals surface area contributed by atoms with E-state index in [1.807, 2.05) is 0 Å². The molecule has 0 unspecified atom stereocenters. The van der Waals surface area contributed by atoms with E-state index in [-0.39, 0.29) is 23.4 Å². The van der Waals surface area contributed by atoms with Gasteiger partial charge < -0.3 is 4.74 Å². The molecule has 0 aliphatic rings. The van der Waals surface area contributed by atoms with Gasteiger partial charge in [0.2, 0.25) is 0 Å². The highest BCUT2D eigenvalue weighted by Gasteiger charge is 2.31. The van der Waals surface area contributed by atoms with Crippen LogP contribution in [0.4, 0.5) is 13.2 Å². The van der Waals surface area contributed by atoms with Gasteiger partial charge in [-0.1, -0.05) is 11.6 Å². The normalized spacial score (nSPS) is 11.2. The van der Waals surface area contributed by atoms with Crippen molar-refractivity contribution in [2.24, 2.45) is 0 Å². The van der Waals surface area contributed by atoms with Gasteiger partial charge in [-0.2, -0.15) is 13.2 Å². The Balaban J connectivity index is 2.85. The maximum atomic E-state index is 12.4. The molecule has 0 fully saturated rings. The van der Waals surface area contributed by atoms with Crippen molar-refractivity contribution in [1.29, 1.82) is 0 Å². The summed E-state index contributed by atoms with van der Waals surface area (Å²) in [4.78, 5) is 22.5. The average molecular weight is 295 g/mol. The quantitative estimate of drug-likeness (QED) is 0.630. The molecule has 0 N–H and O–H groups in total. The van der Waals surface area contributed by atoms with E-state index in [0.29, 0.717) is 6.07 Å². The van der Waals surface area contributed by atoms with Crippen LogP contribution in [0.3, 0.4) is 0 Å². The summed E-state index contributed by atoms with van der Waals surface area (Å²) in [5, 5.41) is -0.287. The van der Waals surface area contributed by atoms with E-state index in [1.54, 1.807) is 0 Å². The molecule has 0 atom stereocenters. The first-order valence-corrected chi connectivity index (χ1v) is 5.60. The molecular formula is C12H10ClF3O3. The van der Waals surface area contributed by atoms with Crippen LogP contribution < -0.4 is 0 Å². The van der Waals surface area contributed by atoms with E-state index >= 15 is 0 Å². The zero-order valence-corrected chi connectivity index (χ0v) is 10.6. The van der Waals surface area contributed by atoms with Gasteiger partial charge in [0, 0.05) is 12.0 Å². The Hall–Kier alpha value is -1.56. The van der Waals surface area contributed by atoms with Crippen molar-refractivity contribution in [3.8, 4) is 0 Å². The maximum Gasteiger partial charge on any atom is 0.416 e. The Morgan fingerprint density at radius 2 is 1.89 bits per heavy atom. The van der Waals surface area contributed by atoms with Crippen LogP contribution in [0.5, 0.6) is 0 Å². The fourth-order valence-electron chi connectivity index (χ4n) is 1.37. The molecule has 0 radical (unpaired) electrons. The minimum absolute atomic E-state index is 0.0430. The van der Waals surface area contributed by atoms with E-state index in [1.165, 1.54) is 7.11 Å². The summed E-state index contributed by atoms with van der Waals surface area (Å²) in [6.45, 7) is 0. The van der Waals surface area contributed by atoms with Gasteiger partial charge in [0.15, 0.2) is 5.78 Å². The zero-order chi connectivity index (χ0) is 14.6. The highest BCUT2D eigenvalue weighted by atomic mass is 35.5. The molecule has 19 heavy (non-hydrogen) atoms. The molecule has 0 saturated heterocycles. The lowest BCUT2D eigenvalue weighted by molar-refractivity contribution is -0.140. The molecule has 0 aromatic heterocycles. The zero-order valence-electron chi connectivity index (χ0n) is 9.88. The van der Waals surface area contributed by atoms with Crippen LogP contribution in [-0.2, 0) is 15.7 Å². The molecule has 0 saturated carbocycles. The summed E-state index contributed by atoms with van der Waals surface area (Å²) >= 11 is 5.64. The molecular weight excluding hydrogens is 285 g/mol. The lowest BCUT2D eigenvalue weighted by Gasteiger charge is -2.09. The third kappa shape index (κ3) is 4.24. The number of esters is 1. The highest BCUT2D eigenvalue weighted by Crippen LogP contribution is 2.32. The number of ether oxygens (including phenoxy) is 1. The number of alkyl halides is 3. The largest absolute Gasteiger partial charge is 0.469 e. The van der Waals surface area contributed by atoms with Crippen molar-refractivity contribution in [3.63, 3.8) is 0 Å². The minimum atomic E-state index is -4.52. The van der Waals surface area contributed by atoms with Gasteiger partial charge in [0.25, 0.3) is 0 Å². The van der Waals surface area contributed by atoms with Crippen LogP contribution in [0, 0.1) is 0 Å². The van der Waals surface area contributed by atoms with Crippen molar-refractivity contribution >= 4 is 23.4 Å². The molecule has 3 nitrogen and oxygen atoms in total. The molecule has 0 heterocycles. The number of carbonyl (C=O) groups excluding carboxylic acids is 2. The molecule has 0 amide bonds. The Morgan fingerprint density at radius 3 is 2.37 bits per heavy atom. The predicted molar refractivity (Wildman–Crippen MR) is 62.0 cm³/mol.